The number of amides is 1. The summed E-state index contributed by atoms with van der Waals surface area (Å²) in [5.41, 5.74) is 9.80. The smallest absolute Gasteiger partial charge is 0.368 e. The van der Waals surface area contributed by atoms with Crippen LogP contribution in [0.5, 0.6) is 0 Å². The molecule has 1 saturated heterocycles. The molecule has 3 N–H and O–H groups in total. The third-order valence-electron chi connectivity index (χ3n) is 4.74. The van der Waals surface area contributed by atoms with Gasteiger partial charge in [0.05, 0.1) is 36.2 Å². The molecule has 0 aromatic carbocycles. The Morgan fingerprint density at radius 2 is 2.21 bits per heavy atom. The second kappa shape index (κ2) is 7.20. The Kier molecular flexibility index (Phi) is 4.73. The van der Waals surface area contributed by atoms with Crippen molar-refractivity contribution < 1.29 is 9.63 Å². The number of aromatic nitrogens is 5. The summed E-state index contributed by atoms with van der Waals surface area (Å²) in [4.78, 5) is 33.5. The minimum atomic E-state index is -0.537. The summed E-state index contributed by atoms with van der Waals surface area (Å²) < 4.78 is 1.68. The van der Waals surface area contributed by atoms with Crippen molar-refractivity contribution in [3.05, 3.63) is 17.4 Å². The fourth-order valence-corrected chi connectivity index (χ4v) is 3.82. The Morgan fingerprint density at radius 1 is 1.39 bits per heavy atom. The lowest BCUT2D eigenvalue weighted by molar-refractivity contribution is -0.103. The molecule has 0 aliphatic carbocycles. The number of aryl methyl sites for hydroxylation is 1. The van der Waals surface area contributed by atoms with Crippen molar-refractivity contribution >= 4 is 45.2 Å². The summed E-state index contributed by atoms with van der Waals surface area (Å²) in [6.07, 6.45) is 1.06. The minimum absolute atomic E-state index is 0.0425. The first-order chi connectivity index (χ1) is 13.4. The lowest BCUT2D eigenvalue weighted by Crippen LogP contribution is -2.53. The Balaban J connectivity index is 1.42. The highest BCUT2D eigenvalue weighted by molar-refractivity contribution is 7.16. The maximum Gasteiger partial charge on any atom is 0.430 e. The first kappa shape index (κ1) is 18.4. The summed E-state index contributed by atoms with van der Waals surface area (Å²) in [6.45, 7) is 5.57. The predicted octanol–water partition coefficient (Wildman–Crippen LogP) is 1.38. The van der Waals surface area contributed by atoms with Gasteiger partial charge in [-0.25, -0.2) is 14.8 Å². The molecular formula is C16H21N9O2S. The van der Waals surface area contributed by atoms with Crippen LogP contribution in [0.4, 0.5) is 22.2 Å². The van der Waals surface area contributed by atoms with Crippen molar-refractivity contribution in [2.45, 2.75) is 19.9 Å². The van der Waals surface area contributed by atoms with Crippen LogP contribution in [0.2, 0.25) is 0 Å². The van der Waals surface area contributed by atoms with E-state index in [-0.39, 0.29) is 12.0 Å². The lowest BCUT2D eigenvalue weighted by atomic mass is 10.2. The number of carbonyl (C=O) groups is 1. The second-order valence-electron chi connectivity index (χ2n) is 6.61. The number of hydrogen-bond donors (Lipinski definition) is 2. The van der Waals surface area contributed by atoms with Gasteiger partial charge in [0.15, 0.2) is 10.6 Å². The monoisotopic (exact) mass is 403 g/mol. The largest absolute Gasteiger partial charge is 0.430 e. The number of nitrogens with two attached hydrogens (primary N) is 1. The van der Waals surface area contributed by atoms with Gasteiger partial charge in [0.25, 0.3) is 0 Å². The number of hydrogen-bond acceptors (Lipinski definition) is 10. The molecule has 1 atom stereocenters. The van der Waals surface area contributed by atoms with Crippen LogP contribution in [0.25, 0.3) is 10.3 Å². The SMILES string of the molecule is Cc1c(NC(=O)ON2CCN(c3nc(N)nc4scnc34)[C@@H](C)C2)cnn1C. The van der Waals surface area contributed by atoms with E-state index in [1.165, 1.54) is 11.3 Å². The molecule has 0 bridgehead atoms. The number of nitrogens with one attached hydrogen (secondary N) is 1. The molecule has 0 saturated carbocycles. The molecule has 0 unspecified atom stereocenters. The summed E-state index contributed by atoms with van der Waals surface area (Å²) >= 11 is 1.43. The van der Waals surface area contributed by atoms with E-state index in [1.54, 1.807) is 21.5 Å². The van der Waals surface area contributed by atoms with Crippen LogP contribution in [0.1, 0.15) is 12.6 Å². The summed E-state index contributed by atoms with van der Waals surface area (Å²) in [5.74, 6) is 0.940. The van der Waals surface area contributed by atoms with Crippen LogP contribution >= 0.6 is 11.3 Å². The highest BCUT2D eigenvalue weighted by Gasteiger charge is 2.29. The molecule has 28 heavy (non-hydrogen) atoms. The van der Waals surface area contributed by atoms with Crippen LogP contribution < -0.4 is 16.0 Å². The number of nitrogens with zero attached hydrogens (tertiary/aromatic N) is 7. The number of nitrogen functional groups attached to an aromatic ring is 1. The molecule has 1 aliphatic rings. The molecule has 4 rings (SSSR count). The zero-order chi connectivity index (χ0) is 19.8. The molecule has 3 aromatic heterocycles. The van der Waals surface area contributed by atoms with Gasteiger partial charge >= 0.3 is 6.09 Å². The minimum Gasteiger partial charge on any atom is -0.368 e. The van der Waals surface area contributed by atoms with Crippen molar-refractivity contribution in [2.75, 3.05) is 35.6 Å². The van der Waals surface area contributed by atoms with Gasteiger partial charge in [-0.3, -0.25) is 10.00 Å². The van der Waals surface area contributed by atoms with Crippen LogP contribution in [-0.2, 0) is 11.9 Å². The first-order valence-corrected chi connectivity index (χ1v) is 9.66. The van der Waals surface area contributed by atoms with Crippen molar-refractivity contribution in [1.82, 2.24) is 29.8 Å². The van der Waals surface area contributed by atoms with E-state index in [1.807, 2.05) is 20.9 Å². The normalized spacial score (nSPS) is 17.8. The predicted molar refractivity (Wildman–Crippen MR) is 106 cm³/mol. The fourth-order valence-electron chi connectivity index (χ4n) is 3.16. The van der Waals surface area contributed by atoms with Gasteiger partial charge < -0.3 is 15.5 Å². The maximum atomic E-state index is 12.2. The number of rotatable bonds is 3. The van der Waals surface area contributed by atoms with Gasteiger partial charge in [-0.1, -0.05) is 0 Å². The molecule has 0 spiro atoms. The van der Waals surface area contributed by atoms with E-state index in [9.17, 15) is 4.79 Å². The molecule has 148 valence electrons. The number of piperazine rings is 1. The standard InChI is InChI=1S/C16H21N9O2S/c1-9-7-24(27-16(26)20-11-6-19-23(3)10(11)2)4-5-25(9)13-12-14(28-8-18-12)22-15(17)21-13/h6,8-9H,4-5,7H2,1-3H3,(H,20,26)(H2,17,21,22)/t9-/m0/s1. The molecule has 11 nitrogen and oxygen atoms in total. The average molecular weight is 403 g/mol. The van der Waals surface area contributed by atoms with Gasteiger partial charge in [-0.15, -0.1) is 16.4 Å². The molecule has 1 aliphatic heterocycles. The van der Waals surface area contributed by atoms with Gasteiger partial charge in [-0.05, 0) is 13.8 Å². The van der Waals surface area contributed by atoms with Crippen molar-refractivity contribution in [2.24, 2.45) is 7.05 Å². The van der Waals surface area contributed by atoms with Gasteiger partial charge in [0.2, 0.25) is 5.95 Å². The van der Waals surface area contributed by atoms with Crippen molar-refractivity contribution in [1.29, 1.82) is 0 Å². The summed E-state index contributed by atoms with van der Waals surface area (Å²) in [6, 6.07) is 0.0425. The van der Waals surface area contributed by atoms with E-state index >= 15 is 0 Å². The number of carbonyl (C=O) groups excluding carboxylic acids is 1. The molecule has 1 amide bonds. The second-order valence-corrected chi connectivity index (χ2v) is 7.45. The first-order valence-electron chi connectivity index (χ1n) is 8.78. The number of thiazole rings is 1. The Labute approximate surface area is 165 Å². The lowest BCUT2D eigenvalue weighted by Gasteiger charge is -2.39. The van der Waals surface area contributed by atoms with E-state index in [2.05, 4.69) is 30.3 Å². The van der Waals surface area contributed by atoms with Gasteiger partial charge in [0, 0.05) is 19.6 Å². The maximum absolute atomic E-state index is 12.2. The highest BCUT2D eigenvalue weighted by atomic mass is 32.1. The number of hydroxylamine groups is 2. The Morgan fingerprint density at radius 3 is 2.93 bits per heavy atom. The number of fused-ring (bicyclic) bond motifs is 1. The van der Waals surface area contributed by atoms with E-state index in [4.69, 9.17) is 10.6 Å². The quantitative estimate of drug-likeness (QED) is 0.666. The topological polar surface area (TPSA) is 127 Å². The van der Waals surface area contributed by atoms with Crippen molar-refractivity contribution in [3.8, 4) is 0 Å². The molecular weight excluding hydrogens is 382 g/mol. The third kappa shape index (κ3) is 3.43. The van der Waals surface area contributed by atoms with E-state index in [0.717, 1.165) is 16.0 Å². The van der Waals surface area contributed by atoms with Crippen LogP contribution in [0.3, 0.4) is 0 Å². The third-order valence-corrected chi connectivity index (χ3v) is 5.46. The average Bonchev–Trinajstić information content (AvgIpc) is 3.23. The zero-order valence-corrected chi connectivity index (χ0v) is 16.6. The van der Waals surface area contributed by atoms with E-state index in [0.29, 0.717) is 31.1 Å². The fraction of sp³-hybridized carbons (Fsp3) is 0.438. The zero-order valence-electron chi connectivity index (χ0n) is 15.8. The van der Waals surface area contributed by atoms with Crippen LogP contribution in [0, 0.1) is 6.92 Å². The van der Waals surface area contributed by atoms with Crippen LogP contribution in [0.15, 0.2) is 11.7 Å². The molecule has 1 fully saturated rings. The Bertz CT molecular complexity index is 1020. The molecule has 4 heterocycles. The number of anilines is 3. The summed E-state index contributed by atoms with van der Waals surface area (Å²) in [7, 11) is 1.81. The van der Waals surface area contributed by atoms with Crippen molar-refractivity contribution in [3.63, 3.8) is 0 Å². The molecule has 0 radical (unpaired) electrons. The summed E-state index contributed by atoms with van der Waals surface area (Å²) in [5, 5.41) is 8.46. The van der Waals surface area contributed by atoms with Gasteiger partial charge in [-0.2, -0.15) is 10.1 Å². The van der Waals surface area contributed by atoms with E-state index < -0.39 is 6.09 Å². The van der Waals surface area contributed by atoms with Gasteiger partial charge in [0.1, 0.15) is 5.52 Å². The van der Waals surface area contributed by atoms with Crippen LogP contribution in [-0.4, -0.2) is 61.6 Å². The highest BCUT2D eigenvalue weighted by Crippen LogP contribution is 2.28. The molecule has 12 heteroatoms. The Hall–Kier alpha value is -2.99. The molecule has 3 aromatic rings.